The molecule has 0 radical (unpaired) electrons. The van der Waals surface area contributed by atoms with Crippen LogP contribution in [0.4, 0.5) is 8.78 Å². The van der Waals surface area contributed by atoms with Crippen molar-refractivity contribution in [3.05, 3.63) is 70.8 Å². The van der Waals surface area contributed by atoms with E-state index in [0.29, 0.717) is 10.6 Å². The van der Waals surface area contributed by atoms with Gasteiger partial charge in [0.15, 0.2) is 0 Å². The van der Waals surface area contributed by atoms with Crippen LogP contribution in [0, 0.1) is 11.6 Å². The third kappa shape index (κ3) is 8.91. The Morgan fingerprint density at radius 1 is 1.10 bits per heavy atom. The van der Waals surface area contributed by atoms with E-state index in [-0.39, 0.29) is 41.0 Å². The average molecular weight is 578 g/mol. The lowest BCUT2D eigenvalue weighted by Crippen LogP contribution is -2.54. The minimum absolute atomic E-state index is 0.0305. The van der Waals surface area contributed by atoms with Crippen LogP contribution < -0.4 is 15.4 Å². The summed E-state index contributed by atoms with van der Waals surface area (Å²) in [4.78, 5) is 12.0. The molecule has 1 fully saturated rings. The van der Waals surface area contributed by atoms with Gasteiger partial charge in [0.25, 0.3) is 0 Å². The molecule has 1 aliphatic rings. The molecule has 1 saturated carbocycles. The largest absolute Gasteiger partial charge is 0.390 e. The zero-order valence-corrected chi connectivity index (χ0v) is 25.3. The molecule has 2 aromatic carbocycles. The summed E-state index contributed by atoms with van der Waals surface area (Å²) in [5, 5.41) is 28.0. The Bertz CT molecular complexity index is 1180. The molecule has 0 spiro atoms. The van der Waals surface area contributed by atoms with Gasteiger partial charge in [-0.05, 0) is 79.5 Å². The van der Waals surface area contributed by atoms with E-state index in [4.69, 9.17) is 0 Å². The first-order valence-corrected chi connectivity index (χ1v) is 15.5. The monoisotopic (exact) mass is 577 g/mol. The fourth-order valence-electron chi connectivity index (χ4n) is 5.38. The summed E-state index contributed by atoms with van der Waals surface area (Å²) in [5.41, 5.74) is 2.29. The molecule has 1 aliphatic carbocycles. The van der Waals surface area contributed by atoms with Gasteiger partial charge in [0, 0.05) is 31.1 Å². The lowest BCUT2D eigenvalue weighted by molar-refractivity contribution is -0.120. The summed E-state index contributed by atoms with van der Waals surface area (Å²) in [6.07, 6.45) is 4.45. The molecular formula is C31H45F2N3O3S. The number of hydrogen-bond donors (Lipinski definition) is 5. The lowest BCUT2D eigenvalue weighted by Gasteiger charge is -2.43. The van der Waals surface area contributed by atoms with Gasteiger partial charge in [0.1, 0.15) is 11.6 Å². The molecule has 40 heavy (non-hydrogen) atoms. The first kappa shape index (κ1) is 32.3. The third-order valence-electron chi connectivity index (χ3n) is 7.79. The van der Waals surface area contributed by atoms with Crippen molar-refractivity contribution in [3.8, 4) is 0 Å². The van der Waals surface area contributed by atoms with Crippen molar-refractivity contribution in [2.24, 2.45) is 0 Å². The van der Waals surface area contributed by atoms with Crippen LogP contribution in [0.1, 0.15) is 77.0 Å². The molecule has 1 amide bonds. The summed E-state index contributed by atoms with van der Waals surface area (Å²) in [6, 6.07) is 11.3. The average Bonchev–Trinajstić information content (AvgIpc) is 2.86. The van der Waals surface area contributed by atoms with Crippen LogP contribution in [-0.2, 0) is 22.2 Å². The van der Waals surface area contributed by atoms with Crippen molar-refractivity contribution in [1.82, 2.24) is 15.4 Å². The van der Waals surface area contributed by atoms with E-state index in [0.717, 1.165) is 37.3 Å². The van der Waals surface area contributed by atoms with Crippen LogP contribution in [0.15, 0.2) is 42.5 Å². The quantitative estimate of drug-likeness (QED) is 0.250. The molecule has 0 saturated heterocycles. The second-order valence-electron chi connectivity index (χ2n) is 12.1. The summed E-state index contributed by atoms with van der Waals surface area (Å²) in [7, 11) is -0.382. The van der Waals surface area contributed by atoms with Crippen molar-refractivity contribution in [1.29, 1.82) is 0 Å². The minimum Gasteiger partial charge on any atom is -0.390 e. The second kappa shape index (κ2) is 13.7. The molecule has 1 unspecified atom stereocenters. The number of amides is 1. The van der Waals surface area contributed by atoms with Crippen LogP contribution in [0.3, 0.4) is 0 Å². The van der Waals surface area contributed by atoms with E-state index >= 15 is 0 Å². The van der Waals surface area contributed by atoms with Crippen molar-refractivity contribution in [3.63, 3.8) is 0 Å². The van der Waals surface area contributed by atoms with Gasteiger partial charge in [-0.1, -0.05) is 55.7 Å². The number of rotatable bonds is 10. The van der Waals surface area contributed by atoms with Crippen LogP contribution in [0.5, 0.6) is 0 Å². The van der Waals surface area contributed by atoms with Crippen molar-refractivity contribution in [2.75, 3.05) is 12.8 Å². The molecule has 3 rings (SSSR count). The Kier molecular flexibility index (Phi) is 11.0. The predicted molar refractivity (Wildman–Crippen MR) is 161 cm³/mol. The Hall–Kier alpha value is -2.17. The number of aliphatic hydroxyl groups excluding tert-OH is 2. The van der Waals surface area contributed by atoms with Gasteiger partial charge in [0.05, 0.1) is 17.2 Å². The van der Waals surface area contributed by atoms with Crippen molar-refractivity contribution in [2.45, 2.75) is 95.9 Å². The number of carbonyl (C=O) groups excluding carboxylic acids is 1. The molecule has 2 aromatic rings. The molecule has 222 valence electrons. The summed E-state index contributed by atoms with van der Waals surface area (Å²) >= 11 is 0. The van der Waals surface area contributed by atoms with E-state index in [1.54, 1.807) is 6.92 Å². The van der Waals surface area contributed by atoms with E-state index in [2.05, 4.69) is 60.4 Å². The molecule has 3 atom stereocenters. The lowest BCUT2D eigenvalue weighted by atomic mass is 9.73. The van der Waals surface area contributed by atoms with Gasteiger partial charge >= 0.3 is 0 Å². The number of carbonyl (C=O) groups is 1. The van der Waals surface area contributed by atoms with E-state index in [1.807, 2.05) is 6.26 Å². The van der Waals surface area contributed by atoms with Gasteiger partial charge < -0.3 is 20.8 Å². The Morgan fingerprint density at radius 2 is 1.73 bits per heavy atom. The Morgan fingerprint density at radius 3 is 2.27 bits per heavy atom. The topological polar surface area (TPSA) is 93.6 Å². The van der Waals surface area contributed by atoms with Crippen LogP contribution >= 0.6 is 10.7 Å². The van der Waals surface area contributed by atoms with Crippen LogP contribution in [0.2, 0.25) is 0 Å². The number of aliphatic hydroxyl groups is 2. The highest BCUT2D eigenvalue weighted by atomic mass is 32.2. The van der Waals surface area contributed by atoms with Crippen molar-refractivity contribution < 1.29 is 23.8 Å². The molecule has 5 N–H and O–H groups in total. The number of benzene rings is 2. The highest BCUT2D eigenvalue weighted by molar-refractivity contribution is 8.13. The fraction of sp³-hybridized carbons (Fsp3) is 0.548. The molecule has 0 aliphatic heterocycles. The number of nitrogens with one attached hydrogen (secondary N) is 3. The highest BCUT2D eigenvalue weighted by Gasteiger charge is 2.38. The maximum absolute atomic E-state index is 13.8. The third-order valence-corrected chi connectivity index (χ3v) is 9.36. The van der Waals surface area contributed by atoms with E-state index in [9.17, 15) is 23.8 Å². The van der Waals surface area contributed by atoms with Crippen LogP contribution in [0.25, 0.3) is 0 Å². The molecule has 0 aromatic heterocycles. The van der Waals surface area contributed by atoms with Gasteiger partial charge in [-0.15, -0.1) is 0 Å². The first-order valence-electron chi connectivity index (χ1n) is 13.9. The van der Waals surface area contributed by atoms with Gasteiger partial charge in [0.2, 0.25) is 5.91 Å². The molecular weight excluding hydrogens is 532 g/mol. The molecule has 9 heteroatoms. The molecule has 0 bridgehead atoms. The normalized spacial score (nSPS) is 22.4. The molecule has 0 heterocycles. The molecule has 6 nitrogen and oxygen atoms in total. The zero-order chi connectivity index (χ0) is 29.7. The van der Waals surface area contributed by atoms with E-state index in [1.165, 1.54) is 24.6 Å². The van der Waals surface area contributed by atoms with Crippen LogP contribution in [-0.4, -0.2) is 52.2 Å². The van der Waals surface area contributed by atoms with Gasteiger partial charge in [-0.2, -0.15) is 0 Å². The first-order chi connectivity index (χ1) is 18.7. The summed E-state index contributed by atoms with van der Waals surface area (Å²) in [5.74, 6) is -1.72. The smallest absolute Gasteiger partial charge is 0.217 e. The number of halogens is 2. The van der Waals surface area contributed by atoms with Crippen molar-refractivity contribution >= 4 is 21.6 Å². The second-order valence-corrected chi connectivity index (χ2v) is 13.9. The Labute approximate surface area is 240 Å². The number of hydrogen-bond acceptors (Lipinski definition) is 4. The fourth-order valence-corrected chi connectivity index (χ4v) is 6.29. The minimum atomic E-state index is -0.998. The zero-order valence-electron chi connectivity index (χ0n) is 24.5. The summed E-state index contributed by atoms with van der Waals surface area (Å²) < 4.78 is 31.2. The van der Waals surface area contributed by atoms with Gasteiger partial charge in [-0.3, -0.25) is 9.52 Å². The maximum Gasteiger partial charge on any atom is 0.217 e. The Balaban J connectivity index is 1.85. The predicted octanol–water partition coefficient (Wildman–Crippen LogP) is 5.21. The standard InChI is InChI=1S/C31H45F2N3O3S/c1-20(37)35-28(16-22-14-25(32)18-26(33)15-22)29(39)19-34-31(24-9-7-8-23(17-24)30(3,4)5)12-10-27(11-13-31)36-40(6)21(2)38/h7-9,14-15,17-18,27-29,34,36,38-39H,10-13,16,19H2,1-6H3,(H,35,37)/t27?,28-,29+,31?,40?/m0/s1. The van der Waals surface area contributed by atoms with Gasteiger partial charge in [-0.25, -0.2) is 8.78 Å². The van der Waals surface area contributed by atoms with E-state index < -0.39 is 29.3 Å². The summed E-state index contributed by atoms with van der Waals surface area (Å²) in [6.45, 7) is 9.80. The highest BCUT2D eigenvalue weighted by Crippen LogP contribution is 2.39. The maximum atomic E-state index is 13.8. The SMILES string of the molecule is CC(=O)N[C@@H](Cc1cc(F)cc(F)c1)[C@H](O)CNC1(c2cccc(C(C)(C)C)c2)CCC(N/S(C)=C(\C)O)CC1.